The summed E-state index contributed by atoms with van der Waals surface area (Å²) in [7, 11) is 0. The molecule has 0 atom stereocenters. The predicted molar refractivity (Wildman–Crippen MR) is 92.9 cm³/mol. The summed E-state index contributed by atoms with van der Waals surface area (Å²) in [6.45, 7) is 7.26. The maximum atomic E-state index is 12.1. The lowest BCUT2D eigenvalue weighted by atomic mass is 9.91. The number of rotatable bonds is 3. The van der Waals surface area contributed by atoms with Crippen LogP contribution in [0.4, 0.5) is 4.79 Å². The van der Waals surface area contributed by atoms with E-state index in [1.54, 1.807) is 0 Å². The molecule has 1 aromatic heterocycles. The van der Waals surface area contributed by atoms with Gasteiger partial charge in [0.2, 0.25) is 0 Å². The van der Waals surface area contributed by atoms with Gasteiger partial charge in [-0.3, -0.25) is 0 Å². The van der Waals surface area contributed by atoms with Gasteiger partial charge < -0.3 is 14.2 Å². The van der Waals surface area contributed by atoms with Gasteiger partial charge in [-0.25, -0.2) is 4.79 Å². The zero-order chi connectivity index (χ0) is 17.2. The van der Waals surface area contributed by atoms with E-state index in [2.05, 4.69) is 11.2 Å². The second kappa shape index (κ2) is 6.83. The number of aromatic nitrogens is 1. The van der Waals surface area contributed by atoms with E-state index in [0.29, 0.717) is 5.92 Å². The Morgan fingerprint density at radius 3 is 2.71 bits per heavy atom. The molecule has 1 fully saturated rings. The molecule has 2 aromatic rings. The standard InChI is InChI=1S/C19H26N2O3/c1-19(2,3)23-18(22)21-12-10-14(11-13-21)8-9-16-15-6-4-5-7-17(15)24-20-16/h4-7,14H,8-13H2,1-3H3. The summed E-state index contributed by atoms with van der Waals surface area (Å²) in [6.07, 6.45) is 3.86. The number of hydrogen-bond donors (Lipinski definition) is 0. The lowest BCUT2D eigenvalue weighted by Crippen LogP contribution is -2.41. The van der Waals surface area contributed by atoms with Crippen molar-refractivity contribution in [3.63, 3.8) is 0 Å². The number of para-hydroxylation sites is 1. The zero-order valence-corrected chi connectivity index (χ0v) is 14.7. The Kier molecular flexibility index (Phi) is 4.78. The maximum absolute atomic E-state index is 12.1. The van der Waals surface area contributed by atoms with Crippen LogP contribution in [-0.4, -0.2) is 34.8 Å². The highest BCUT2D eigenvalue weighted by molar-refractivity contribution is 5.79. The van der Waals surface area contributed by atoms with Crippen LogP contribution in [0.1, 0.15) is 45.7 Å². The molecular formula is C19H26N2O3. The van der Waals surface area contributed by atoms with Gasteiger partial charge in [0.25, 0.3) is 0 Å². The van der Waals surface area contributed by atoms with E-state index in [1.165, 1.54) is 0 Å². The molecular weight excluding hydrogens is 304 g/mol. The van der Waals surface area contributed by atoms with Gasteiger partial charge in [-0.1, -0.05) is 17.3 Å². The highest BCUT2D eigenvalue weighted by Gasteiger charge is 2.26. The Labute approximate surface area is 142 Å². The van der Waals surface area contributed by atoms with Crippen molar-refractivity contribution >= 4 is 17.1 Å². The Hall–Kier alpha value is -2.04. The number of fused-ring (bicyclic) bond motifs is 1. The number of hydrogen-bond acceptors (Lipinski definition) is 4. The van der Waals surface area contributed by atoms with Gasteiger partial charge in [-0.15, -0.1) is 0 Å². The number of carbonyl (C=O) groups is 1. The summed E-state index contributed by atoms with van der Waals surface area (Å²) in [5.74, 6) is 0.624. The number of ether oxygens (including phenoxy) is 1. The summed E-state index contributed by atoms with van der Waals surface area (Å²) in [5, 5.41) is 5.32. The molecule has 1 aromatic carbocycles. The van der Waals surface area contributed by atoms with Gasteiger partial charge in [0, 0.05) is 18.5 Å². The number of nitrogens with zero attached hydrogens (tertiary/aromatic N) is 2. The predicted octanol–water partition coefficient (Wildman–Crippen LogP) is 4.41. The van der Waals surface area contributed by atoms with Crippen molar-refractivity contribution < 1.29 is 14.1 Å². The van der Waals surface area contributed by atoms with Crippen molar-refractivity contribution in [1.29, 1.82) is 0 Å². The molecule has 0 saturated carbocycles. The van der Waals surface area contributed by atoms with Crippen molar-refractivity contribution in [1.82, 2.24) is 10.1 Å². The number of carbonyl (C=O) groups excluding carboxylic acids is 1. The summed E-state index contributed by atoms with van der Waals surface area (Å²) in [4.78, 5) is 13.9. The molecule has 1 aliphatic rings. The summed E-state index contributed by atoms with van der Waals surface area (Å²) >= 11 is 0. The SMILES string of the molecule is CC(C)(C)OC(=O)N1CCC(CCc2noc3ccccc23)CC1. The molecule has 1 aliphatic heterocycles. The van der Waals surface area contributed by atoms with E-state index in [1.807, 2.05) is 43.9 Å². The second-order valence-corrected chi connectivity index (χ2v) is 7.57. The van der Waals surface area contributed by atoms with Gasteiger partial charge in [-0.2, -0.15) is 0 Å². The third kappa shape index (κ3) is 4.08. The van der Waals surface area contributed by atoms with Crippen LogP contribution in [0.3, 0.4) is 0 Å². The van der Waals surface area contributed by atoms with Crippen LogP contribution in [0, 0.1) is 5.92 Å². The highest BCUT2D eigenvalue weighted by Crippen LogP contribution is 2.26. The van der Waals surface area contributed by atoms with Crippen LogP contribution in [0.5, 0.6) is 0 Å². The first-order chi connectivity index (χ1) is 11.4. The van der Waals surface area contributed by atoms with Crippen LogP contribution in [0.2, 0.25) is 0 Å². The minimum absolute atomic E-state index is 0.191. The quantitative estimate of drug-likeness (QED) is 0.836. The molecule has 2 heterocycles. The largest absolute Gasteiger partial charge is 0.444 e. The highest BCUT2D eigenvalue weighted by atomic mass is 16.6. The van der Waals surface area contributed by atoms with Gasteiger partial charge in [-0.05, 0) is 64.5 Å². The smallest absolute Gasteiger partial charge is 0.410 e. The van der Waals surface area contributed by atoms with E-state index in [-0.39, 0.29) is 6.09 Å². The zero-order valence-electron chi connectivity index (χ0n) is 14.7. The van der Waals surface area contributed by atoms with Crippen molar-refractivity contribution in [2.45, 2.75) is 52.1 Å². The molecule has 24 heavy (non-hydrogen) atoms. The lowest BCUT2D eigenvalue weighted by Gasteiger charge is -2.33. The third-order valence-electron chi connectivity index (χ3n) is 4.51. The summed E-state index contributed by atoms with van der Waals surface area (Å²) < 4.78 is 10.8. The Morgan fingerprint density at radius 2 is 2.00 bits per heavy atom. The van der Waals surface area contributed by atoms with Gasteiger partial charge in [0.15, 0.2) is 5.58 Å². The number of likely N-dealkylation sites (tertiary alicyclic amines) is 1. The van der Waals surface area contributed by atoms with Crippen LogP contribution < -0.4 is 0 Å². The van der Waals surface area contributed by atoms with Crippen molar-refractivity contribution in [3.05, 3.63) is 30.0 Å². The van der Waals surface area contributed by atoms with Gasteiger partial charge >= 0.3 is 6.09 Å². The fraction of sp³-hybridized carbons (Fsp3) is 0.579. The Morgan fingerprint density at radius 1 is 1.29 bits per heavy atom. The third-order valence-corrected chi connectivity index (χ3v) is 4.51. The molecule has 130 valence electrons. The average molecular weight is 330 g/mol. The van der Waals surface area contributed by atoms with Crippen LogP contribution >= 0.6 is 0 Å². The van der Waals surface area contributed by atoms with Crippen molar-refractivity contribution in [3.8, 4) is 0 Å². The molecule has 3 rings (SSSR count). The first-order valence-electron chi connectivity index (χ1n) is 8.73. The average Bonchev–Trinajstić information content (AvgIpc) is 2.95. The number of amides is 1. The van der Waals surface area contributed by atoms with E-state index >= 15 is 0 Å². The molecule has 0 aliphatic carbocycles. The summed E-state index contributed by atoms with van der Waals surface area (Å²) in [5.41, 5.74) is 1.47. The van der Waals surface area contributed by atoms with Gasteiger partial charge in [0.1, 0.15) is 5.60 Å². The molecule has 5 nitrogen and oxygen atoms in total. The van der Waals surface area contributed by atoms with Crippen LogP contribution in [0.25, 0.3) is 11.0 Å². The topological polar surface area (TPSA) is 55.6 Å². The molecule has 1 saturated heterocycles. The molecule has 1 amide bonds. The molecule has 0 bridgehead atoms. The molecule has 0 N–H and O–H groups in total. The van der Waals surface area contributed by atoms with Crippen LogP contribution in [0.15, 0.2) is 28.8 Å². The second-order valence-electron chi connectivity index (χ2n) is 7.57. The fourth-order valence-electron chi connectivity index (χ4n) is 3.19. The lowest BCUT2D eigenvalue weighted by molar-refractivity contribution is 0.0181. The van der Waals surface area contributed by atoms with E-state index < -0.39 is 5.60 Å². The first-order valence-corrected chi connectivity index (χ1v) is 8.73. The minimum atomic E-state index is -0.429. The summed E-state index contributed by atoms with van der Waals surface area (Å²) in [6, 6.07) is 7.99. The van der Waals surface area contributed by atoms with Crippen molar-refractivity contribution in [2.24, 2.45) is 5.92 Å². The molecule has 0 spiro atoms. The van der Waals surface area contributed by atoms with Gasteiger partial charge in [0.05, 0.1) is 5.69 Å². The molecule has 5 heteroatoms. The molecule has 0 radical (unpaired) electrons. The normalized spacial score (nSPS) is 16.5. The van der Waals surface area contributed by atoms with E-state index in [9.17, 15) is 4.79 Å². The van der Waals surface area contributed by atoms with E-state index in [4.69, 9.17) is 9.26 Å². The molecule has 0 unspecified atom stereocenters. The van der Waals surface area contributed by atoms with Crippen molar-refractivity contribution in [2.75, 3.05) is 13.1 Å². The number of aryl methyl sites for hydroxylation is 1. The monoisotopic (exact) mass is 330 g/mol. The van der Waals surface area contributed by atoms with E-state index in [0.717, 1.165) is 55.4 Å². The Bertz CT molecular complexity index is 694. The first kappa shape index (κ1) is 16.8. The number of benzene rings is 1. The maximum Gasteiger partial charge on any atom is 0.410 e. The number of piperidine rings is 1. The fourth-order valence-corrected chi connectivity index (χ4v) is 3.19. The Balaban J connectivity index is 1.48. The minimum Gasteiger partial charge on any atom is -0.444 e. The van der Waals surface area contributed by atoms with Crippen LogP contribution in [-0.2, 0) is 11.2 Å².